The molecule has 0 saturated heterocycles. The van der Waals surface area contributed by atoms with Gasteiger partial charge in [-0.2, -0.15) is 0 Å². The first kappa shape index (κ1) is 13.6. The van der Waals surface area contributed by atoms with Crippen LogP contribution in [0.25, 0.3) is 0 Å². The van der Waals surface area contributed by atoms with Crippen LogP contribution in [0.15, 0.2) is 12.5 Å². The van der Waals surface area contributed by atoms with Crippen molar-refractivity contribution in [2.75, 3.05) is 45.7 Å². The molecule has 0 saturated carbocycles. The molecular formula is C10H17IN4O. The topological polar surface area (TPSA) is 50.3 Å². The highest BCUT2D eigenvalue weighted by Gasteiger charge is 2.01. The first-order valence-corrected chi connectivity index (χ1v) is 6.18. The van der Waals surface area contributed by atoms with Gasteiger partial charge in [-0.15, -0.1) is 0 Å². The summed E-state index contributed by atoms with van der Waals surface area (Å²) in [5.41, 5.74) is 0. The molecule has 1 aromatic rings. The molecule has 0 amide bonds. The molecule has 16 heavy (non-hydrogen) atoms. The summed E-state index contributed by atoms with van der Waals surface area (Å²) in [4.78, 5) is 10.3. The van der Waals surface area contributed by atoms with Gasteiger partial charge in [0.05, 0.1) is 10.2 Å². The number of ether oxygens (including phenoxy) is 1. The molecule has 1 heterocycles. The van der Waals surface area contributed by atoms with Crippen LogP contribution >= 0.6 is 22.6 Å². The van der Waals surface area contributed by atoms with Gasteiger partial charge in [-0.3, -0.25) is 0 Å². The molecule has 0 aliphatic carbocycles. The first-order valence-electron chi connectivity index (χ1n) is 5.11. The van der Waals surface area contributed by atoms with Gasteiger partial charge < -0.3 is 15.0 Å². The summed E-state index contributed by atoms with van der Waals surface area (Å²) in [7, 11) is 3.79. The summed E-state index contributed by atoms with van der Waals surface area (Å²) < 4.78 is 6.05. The van der Waals surface area contributed by atoms with Gasteiger partial charge in [0.25, 0.3) is 0 Å². The number of likely N-dealkylation sites (N-methyl/N-ethyl adjacent to an activating group) is 1. The molecule has 0 aromatic carbocycles. The van der Waals surface area contributed by atoms with E-state index in [0.29, 0.717) is 0 Å². The van der Waals surface area contributed by atoms with Crippen LogP contribution < -0.4 is 5.32 Å². The third-order valence-electron chi connectivity index (χ3n) is 2.13. The van der Waals surface area contributed by atoms with Crippen molar-refractivity contribution in [2.24, 2.45) is 0 Å². The predicted octanol–water partition coefficient (Wildman–Crippen LogP) is 1.07. The molecule has 1 aromatic heterocycles. The van der Waals surface area contributed by atoms with Gasteiger partial charge in [0.1, 0.15) is 12.1 Å². The van der Waals surface area contributed by atoms with Crippen LogP contribution in [0, 0.1) is 3.57 Å². The minimum atomic E-state index is 0.765. The van der Waals surface area contributed by atoms with Crippen LogP contribution in [0.4, 0.5) is 5.82 Å². The van der Waals surface area contributed by atoms with Crippen LogP contribution in [0.2, 0.25) is 0 Å². The maximum Gasteiger partial charge on any atom is 0.142 e. The molecule has 0 unspecified atom stereocenters. The van der Waals surface area contributed by atoms with Crippen molar-refractivity contribution >= 4 is 28.4 Å². The van der Waals surface area contributed by atoms with Crippen molar-refractivity contribution in [3.8, 4) is 0 Å². The molecule has 0 atom stereocenters. The Balaban J connectivity index is 2.23. The Morgan fingerprint density at radius 2 is 2.31 bits per heavy atom. The Labute approximate surface area is 110 Å². The van der Waals surface area contributed by atoms with E-state index in [9.17, 15) is 0 Å². The first-order chi connectivity index (χ1) is 7.74. The molecule has 0 aliphatic heterocycles. The number of nitrogens with zero attached hydrogens (tertiary/aromatic N) is 3. The van der Waals surface area contributed by atoms with Gasteiger partial charge in [0, 0.05) is 32.9 Å². The Hall–Kier alpha value is -0.470. The van der Waals surface area contributed by atoms with Crippen molar-refractivity contribution in [1.29, 1.82) is 0 Å². The minimum Gasteiger partial charge on any atom is -0.383 e. The second-order valence-corrected chi connectivity index (χ2v) is 4.60. The number of hydrogen-bond donors (Lipinski definition) is 1. The quantitative estimate of drug-likeness (QED) is 0.755. The van der Waals surface area contributed by atoms with Gasteiger partial charge in [-0.25, -0.2) is 9.97 Å². The van der Waals surface area contributed by atoms with Gasteiger partial charge >= 0.3 is 0 Å². The monoisotopic (exact) mass is 336 g/mol. The Morgan fingerprint density at radius 1 is 1.50 bits per heavy atom. The third kappa shape index (κ3) is 5.04. The van der Waals surface area contributed by atoms with Crippen LogP contribution in [-0.2, 0) is 4.74 Å². The fourth-order valence-electron chi connectivity index (χ4n) is 1.17. The lowest BCUT2D eigenvalue weighted by molar-refractivity contribution is 0.163. The molecule has 6 heteroatoms. The highest BCUT2D eigenvalue weighted by atomic mass is 127. The van der Waals surface area contributed by atoms with Crippen molar-refractivity contribution < 1.29 is 4.74 Å². The molecule has 0 radical (unpaired) electrons. The lowest BCUT2D eigenvalue weighted by atomic mass is 10.5. The zero-order chi connectivity index (χ0) is 11.8. The van der Waals surface area contributed by atoms with E-state index >= 15 is 0 Å². The van der Waals surface area contributed by atoms with Crippen LogP contribution in [0.5, 0.6) is 0 Å². The van der Waals surface area contributed by atoms with E-state index < -0.39 is 0 Å². The van der Waals surface area contributed by atoms with Crippen LogP contribution in [-0.4, -0.2) is 55.3 Å². The van der Waals surface area contributed by atoms with E-state index in [1.807, 2.05) is 0 Å². The molecule has 0 fully saturated rings. The summed E-state index contributed by atoms with van der Waals surface area (Å²) in [5.74, 6) is 0.899. The highest BCUT2D eigenvalue weighted by molar-refractivity contribution is 14.1. The van der Waals surface area contributed by atoms with Gasteiger partial charge in [-0.1, -0.05) is 0 Å². The minimum absolute atomic E-state index is 0.765. The zero-order valence-corrected chi connectivity index (χ0v) is 11.8. The summed E-state index contributed by atoms with van der Waals surface area (Å²) in [6.45, 7) is 3.54. The Kier molecular flexibility index (Phi) is 6.58. The summed E-state index contributed by atoms with van der Waals surface area (Å²) >= 11 is 2.22. The standard InChI is InChI=1S/C10H17IN4O/c1-15(5-6-16-2)4-3-13-10-9(11)7-12-8-14-10/h7-8H,3-6H2,1-2H3,(H,12,13,14). The average molecular weight is 336 g/mol. The molecule has 1 rings (SSSR count). The van der Waals surface area contributed by atoms with E-state index in [0.717, 1.165) is 35.6 Å². The Morgan fingerprint density at radius 3 is 3.00 bits per heavy atom. The number of rotatable bonds is 7. The molecule has 90 valence electrons. The molecule has 5 nitrogen and oxygen atoms in total. The van der Waals surface area contributed by atoms with Gasteiger partial charge in [0.15, 0.2) is 0 Å². The summed E-state index contributed by atoms with van der Waals surface area (Å²) in [5, 5.41) is 3.28. The average Bonchev–Trinajstić information content (AvgIpc) is 2.29. The summed E-state index contributed by atoms with van der Waals surface area (Å²) in [6.07, 6.45) is 3.35. The molecular weight excluding hydrogens is 319 g/mol. The number of nitrogens with one attached hydrogen (secondary N) is 1. The van der Waals surface area contributed by atoms with E-state index in [1.54, 1.807) is 19.6 Å². The maximum atomic E-state index is 5.01. The van der Waals surface area contributed by atoms with E-state index in [1.165, 1.54) is 0 Å². The molecule has 1 N–H and O–H groups in total. The number of anilines is 1. The second-order valence-electron chi connectivity index (χ2n) is 3.44. The smallest absolute Gasteiger partial charge is 0.142 e. The zero-order valence-electron chi connectivity index (χ0n) is 9.61. The van der Waals surface area contributed by atoms with Crippen LogP contribution in [0.1, 0.15) is 0 Å². The largest absolute Gasteiger partial charge is 0.383 e. The Bertz CT molecular complexity index is 311. The molecule has 0 spiro atoms. The van der Waals surface area contributed by atoms with E-state index in [4.69, 9.17) is 4.74 Å². The summed E-state index contributed by atoms with van der Waals surface area (Å²) in [6, 6.07) is 0. The SMILES string of the molecule is COCCN(C)CCNc1ncncc1I. The highest BCUT2D eigenvalue weighted by Crippen LogP contribution is 2.11. The predicted molar refractivity (Wildman–Crippen MR) is 72.6 cm³/mol. The fourth-order valence-corrected chi connectivity index (χ4v) is 1.66. The molecule has 0 aliphatic rings. The molecule has 0 bridgehead atoms. The van der Waals surface area contributed by atoms with Gasteiger partial charge in [-0.05, 0) is 29.6 Å². The van der Waals surface area contributed by atoms with Crippen molar-refractivity contribution in [1.82, 2.24) is 14.9 Å². The number of methoxy groups -OCH3 is 1. The lowest BCUT2D eigenvalue weighted by Crippen LogP contribution is -2.28. The van der Waals surface area contributed by atoms with Crippen molar-refractivity contribution in [2.45, 2.75) is 0 Å². The second kappa shape index (κ2) is 7.75. The maximum absolute atomic E-state index is 5.01. The number of aromatic nitrogens is 2. The van der Waals surface area contributed by atoms with Crippen molar-refractivity contribution in [3.05, 3.63) is 16.1 Å². The van der Waals surface area contributed by atoms with Gasteiger partial charge in [0.2, 0.25) is 0 Å². The number of halogens is 1. The van der Waals surface area contributed by atoms with Crippen molar-refractivity contribution in [3.63, 3.8) is 0 Å². The fraction of sp³-hybridized carbons (Fsp3) is 0.600. The normalized spacial score (nSPS) is 10.8. The van der Waals surface area contributed by atoms with Crippen LogP contribution in [0.3, 0.4) is 0 Å². The third-order valence-corrected chi connectivity index (χ3v) is 2.92. The van der Waals surface area contributed by atoms with E-state index in [2.05, 4.69) is 49.8 Å². The van der Waals surface area contributed by atoms with E-state index in [-0.39, 0.29) is 0 Å². The lowest BCUT2D eigenvalue weighted by Gasteiger charge is -2.16. The number of hydrogen-bond acceptors (Lipinski definition) is 5.